The Balaban J connectivity index is 1.26. The summed E-state index contributed by atoms with van der Waals surface area (Å²) < 4.78 is 39.8. The Labute approximate surface area is 303 Å². The summed E-state index contributed by atoms with van der Waals surface area (Å²) in [7, 11) is 0. The average molecular weight is 728 g/mol. The quantitative estimate of drug-likeness (QED) is 0.173. The smallest absolute Gasteiger partial charge is 0.226 e. The zero-order chi connectivity index (χ0) is 35.1. The molecule has 8 nitrogen and oxygen atoms in total. The lowest BCUT2D eigenvalue weighted by molar-refractivity contribution is -0.133. The maximum atomic E-state index is 17.1. The number of amides is 1. The number of ether oxygens (including phenoxy) is 1. The minimum Gasteiger partial charge on any atom is -0.472 e. The first-order valence-corrected chi connectivity index (χ1v) is 18.3. The average Bonchev–Trinajstić information content (AvgIpc) is 3.39. The van der Waals surface area contributed by atoms with E-state index >= 15 is 4.39 Å². The molecule has 5 atom stereocenters. The van der Waals surface area contributed by atoms with E-state index in [4.69, 9.17) is 32.9 Å². The van der Waals surface area contributed by atoms with Gasteiger partial charge in [0.15, 0.2) is 5.82 Å². The second-order valence-corrected chi connectivity index (χ2v) is 15.1. The van der Waals surface area contributed by atoms with Gasteiger partial charge in [0, 0.05) is 76.9 Å². The van der Waals surface area contributed by atoms with E-state index in [0.29, 0.717) is 58.1 Å². The molecule has 2 aromatic carbocycles. The van der Waals surface area contributed by atoms with Crippen LogP contribution in [-0.4, -0.2) is 50.6 Å². The molecule has 6 heterocycles. The molecule has 1 N–H and O–H groups in total. The molecule has 2 aliphatic carbocycles. The van der Waals surface area contributed by atoms with Crippen molar-refractivity contribution in [3.8, 4) is 23.1 Å². The number of aryl methyl sites for hydroxylation is 2. The summed E-state index contributed by atoms with van der Waals surface area (Å²) in [5.74, 6) is -0.319. The van der Waals surface area contributed by atoms with Gasteiger partial charge in [-0.3, -0.25) is 4.79 Å². The molecule has 1 amide bonds. The maximum Gasteiger partial charge on any atom is 0.226 e. The van der Waals surface area contributed by atoms with Crippen LogP contribution in [0, 0.1) is 41.7 Å². The van der Waals surface area contributed by atoms with E-state index in [9.17, 15) is 14.4 Å². The van der Waals surface area contributed by atoms with Crippen molar-refractivity contribution in [3.05, 3.63) is 87.3 Å². The molecule has 260 valence electrons. The van der Waals surface area contributed by atoms with E-state index in [1.807, 2.05) is 17.9 Å². The van der Waals surface area contributed by atoms with Crippen LogP contribution in [0.2, 0.25) is 10.0 Å². The molecule has 0 spiro atoms. The van der Waals surface area contributed by atoms with E-state index in [-0.39, 0.29) is 52.8 Å². The van der Waals surface area contributed by atoms with Crippen molar-refractivity contribution in [3.63, 3.8) is 0 Å². The highest BCUT2D eigenvalue weighted by atomic mass is 35.5. The predicted molar refractivity (Wildman–Crippen MR) is 191 cm³/mol. The Bertz CT molecular complexity index is 2290. The van der Waals surface area contributed by atoms with Gasteiger partial charge < -0.3 is 19.5 Å². The summed E-state index contributed by atoms with van der Waals surface area (Å²) in [6.07, 6.45) is 4.71. The summed E-state index contributed by atoms with van der Waals surface area (Å²) in [5.41, 5.74) is 4.09. The Kier molecular flexibility index (Phi) is 7.95. The number of carbonyl (C=O) groups is 1. The number of aromatic nitrogens is 3. The lowest BCUT2D eigenvalue weighted by Crippen LogP contribution is -2.41. The number of nitrogens with one attached hydrogen (secondary N) is 1. The van der Waals surface area contributed by atoms with Crippen molar-refractivity contribution in [1.29, 1.82) is 5.26 Å². The van der Waals surface area contributed by atoms with Crippen LogP contribution in [0.5, 0.6) is 5.88 Å². The van der Waals surface area contributed by atoms with Gasteiger partial charge in [-0.15, -0.1) is 0 Å². The zero-order valence-electron chi connectivity index (χ0n) is 27.8. The van der Waals surface area contributed by atoms with Crippen LogP contribution in [0.4, 0.5) is 8.78 Å². The lowest BCUT2D eigenvalue weighted by Gasteiger charge is -2.39. The van der Waals surface area contributed by atoms with Gasteiger partial charge in [0.05, 0.1) is 40.3 Å². The van der Waals surface area contributed by atoms with Crippen LogP contribution in [0.25, 0.3) is 32.9 Å². The number of nitrogens with zero attached hydrogens (tertiary/aromatic N) is 5. The first kappa shape index (κ1) is 32.6. The maximum absolute atomic E-state index is 17.1. The normalized spacial score (nSPS) is 23.9. The van der Waals surface area contributed by atoms with Crippen LogP contribution in [0.15, 0.2) is 48.7 Å². The Morgan fingerprint density at radius 2 is 1.98 bits per heavy atom. The number of fused-ring (bicyclic) bond motifs is 4. The van der Waals surface area contributed by atoms with E-state index in [0.717, 1.165) is 42.4 Å². The molecule has 0 radical (unpaired) electrons. The lowest BCUT2D eigenvalue weighted by atomic mass is 9.79. The molecule has 3 aliphatic heterocycles. The standard InChI is InChI=1S/C39H34Cl2F2N6O2/c1-19-26-16-31(30-15-24(18-48(30)39(50)20-7-8-20)51-32-14-23(42)9-11-45-32)49(37-22-13-29(37)46-17-22)38(26)27-12-21(4-3-10-44)33(35(43)36(27)47-19)25-5-2-6-28(40)34(25)41/h2,5-6,9,11-12,14,16,20,22,24,29-30,37,46H,3-4,7-8,13,15,17-18H2,1H3. The number of nitriles is 1. The Hall–Kier alpha value is -4.30. The largest absolute Gasteiger partial charge is 0.472 e. The highest BCUT2D eigenvalue weighted by molar-refractivity contribution is 6.43. The summed E-state index contributed by atoms with van der Waals surface area (Å²) in [6, 6.07) is 14.0. The SMILES string of the molecule is Cc1nc2c(F)c(-c3cccc(Cl)c3Cl)c(CCC#N)cc2c2c1cc(C1CC(Oc3cc(F)ccn3)CN1C(=O)C1CC1)n2C1C2CNC1C2. The van der Waals surface area contributed by atoms with Crippen molar-refractivity contribution in [1.82, 2.24) is 24.8 Å². The monoisotopic (exact) mass is 726 g/mol. The van der Waals surface area contributed by atoms with Crippen molar-refractivity contribution >= 4 is 50.9 Å². The minimum absolute atomic E-state index is 0.0179. The third-order valence-electron chi connectivity index (χ3n) is 11.2. The number of rotatable bonds is 8. The first-order chi connectivity index (χ1) is 24.7. The fourth-order valence-corrected chi connectivity index (χ4v) is 9.09. The van der Waals surface area contributed by atoms with Crippen LogP contribution < -0.4 is 10.1 Å². The zero-order valence-corrected chi connectivity index (χ0v) is 29.3. The molecular weight excluding hydrogens is 693 g/mol. The molecule has 5 unspecified atom stereocenters. The van der Waals surface area contributed by atoms with Gasteiger partial charge >= 0.3 is 0 Å². The van der Waals surface area contributed by atoms with Crippen LogP contribution >= 0.6 is 23.2 Å². The van der Waals surface area contributed by atoms with Gasteiger partial charge in [0.1, 0.15) is 17.4 Å². The molecule has 10 rings (SSSR count). The third kappa shape index (κ3) is 5.35. The molecule has 3 aromatic heterocycles. The Morgan fingerprint density at radius 1 is 1.14 bits per heavy atom. The van der Waals surface area contributed by atoms with Crippen LogP contribution in [0.3, 0.4) is 0 Å². The summed E-state index contributed by atoms with van der Waals surface area (Å²) in [5, 5.41) is 15.3. The fourth-order valence-electron chi connectivity index (χ4n) is 8.69. The van der Waals surface area contributed by atoms with Gasteiger partial charge in [-0.05, 0) is 68.4 Å². The molecule has 5 fully saturated rings. The van der Waals surface area contributed by atoms with E-state index in [1.54, 1.807) is 18.2 Å². The number of hydrogen-bond acceptors (Lipinski definition) is 6. The second kappa shape index (κ2) is 12.4. The van der Waals surface area contributed by atoms with Gasteiger partial charge in [-0.2, -0.15) is 5.26 Å². The summed E-state index contributed by atoms with van der Waals surface area (Å²) in [6.45, 7) is 3.12. The molecule has 5 aliphatic rings. The molecule has 51 heavy (non-hydrogen) atoms. The van der Waals surface area contributed by atoms with Gasteiger partial charge in [0.2, 0.25) is 11.8 Å². The molecule has 12 heteroatoms. The second-order valence-electron chi connectivity index (χ2n) is 14.3. The van der Waals surface area contributed by atoms with Crippen molar-refractivity contribution in [2.24, 2.45) is 11.8 Å². The van der Waals surface area contributed by atoms with Crippen molar-refractivity contribution in [2.75, 3.05) is 13.1 Å². The highest BCUT2D eigenvalue weighted by Gasteiger charge is 2.51. The number of benzene rings is 2. The summed E-state index contributed by atoms with van der Waals surface area (Å²) >= 11 is 13.1. The van der Waals surface area contributed by atoms with Gasteiger partial charge in [-0.1, -0.05) is 35.3 Å². The number of pyridine rings is 2. The predicted octanol–water partition coefficient (Wildman–Crippen LogP) is 8.26. The van der Waals surface area contributed by atoms with Crippen LogP contribution in [0.1, 0.15) is 61.1 Å². The highest BCUT2D eigenvalue weighted by Crippen LogP contribution is 2.51. The molecule has 3 saturated heterocycles. The minimum atomic E-state index is -0.513. The number of halogens is 4. The number of likely N-dealkylation sites (tertiary alicyclic amines) is 1. The van der Waals surface area contributed by atoms with E-state index < -0.39 is 17.7 Å². The first-order valence-electron chi connectivity index (χ1n) is 17.5. The molecular formula is C39H34Cl2F2N6O2. The number of hydrogen-bond donors (Lipinski definition) is 1. The molecule has 2 saturated carbocycles. The topological polar surface area (TPSA) is 96.1 Å². The number of carbonyl (C=O) groups excluding carboxylic acids is 1. The third-order valence-corrected chi connectivity index (χ3v) is 12.0. The van der Waals surface area contributed by atoms with Crippen molar-refractivity contribution < 1.29 is 18.3 Å². The fraction of sp³-hybridized carbons (Fsp3) is 0.385. The molecule has 5 aromatic rings. The van der Waals surface area contributed by atoms with Gasteiger partial charge in [0.25, 0.3) is 0 Å². The van der Waals surface area contributed by atoms with Crippen LogP contribution in [-0.2, 0) is 11.2 Å². The van der Waals surface area contributed by atoms with Gasteiger partial charge in [-0.25, -0.2) is 18.7 Å². The molecule has 2 bridgehead atoms. The summed E-state index contributed by atoms with van der Waals surface area (Å²) in [4.78, 5) is 24.9. The van der Waals surface area contributed by atoms with E-state index in [1.165, 1.54) is 18.3 Å². The Morgan fingerprint density at radius 3 is 2.71 bits per heavy atom. The van der Waals surface area contributed by atoms with Crippen molar-refractivity contribution in [2.45, 2.75) is 69.7 Å². The van der Waals surface area contributed by atoms with E-state index in [2.05, 4.69) is 27.0 Å².